The number of alkyl halides is 8. The third-order valence-electron chi connectivity index (χ3n) is 1.98. The van der Waals surface area contributed by atoms with Gasteiger partial charge >= 0.3 is 12.1 Å². The molecule has 0 heterocycles. The monoisotopic (exact) mass is 388 g/mol. The SMILES string of the molecule is O=C(Oc1cccc(C(F)(F)F)c1)C(Cl)(Cl)C(Cl)(Cl)Cl. The van der Waals surface area contributed by atoms with Gasteiger partial charge in [0, 0.05) is 0 Å². The molecule has 10 heteroatoms. The summed E-state index contributed by atoms with van der Waals surface area (Å²) in [6.45, 7) is 0. The Kier molecular flexibility index (Phi) is 5.37. The van der Waals surface area contributed by atoms with Crippen LogP contribution in [0.3, 0.4) is 0 Å². The number of esters is 1. The number of rotatable bonds is 2. The number of hydrogen-bond acceptors (Lipinski definition) is 2. The summed E-state index contributed by atoms with van der Waals surface area (Å²) in [5, 5.41) is 0. The lowest BCUT2D eigenvalue weighted by molar-refractivity contribution is -0.139. The maximum absolute atomic E-state index is 12.5. The van der Waals surface area contributed by atoms with Crippen LogP contribution < -0.4 is 4.74 Å². The van der Waals surface area contributed by atoms with Crippen molar-refractivity contribution in [3.8, 4) is 5.75 Å². The summed E-state index contributed by atoms with van der Waals surface area (Å²) in [5.41, 5.74) is -1.02. The van der Waals surface area contributed by atoms with Crippen molar-refractivity contribution in [2.45, 2.75) is 14.3 Å². The van der Waals surface area contributed by atoms with Gasteiger partial charge in [-0.3, -0.25) is 0 Å². The molecule has 0 aliphatic heterocycles. The first-order valence-corrected chi connectivity index (χ1v) is 6.59. The molecule has 0 atom stereocenters. The van der Waals surface area contributed by atoms with Crippen LogP contribution in [0.15, 0.2) is 24.3 Å². The third-order valence-corrected chi connectivity index (χ3v) is 4.29. The van der Waals surface area contributed by atoms with Crippen LogP contribution >= 0.6 is 58.0 Å². The van der Waals surface area contributed by atoms with Crippen LogP contribution in [-0.2, 0) is 11.0 Å². The van der Waals surface area contributed by atoms with E-state index in [1.807, 2.05) is 0 Å². The van der Waals surface area contributed by atoms with Crippen molar-refractivity contribution in [1.82, 2.24) is 0 Å². The average Bonchev–Trinajstić information content (AvgIpc) is 2.26. The maximum atomic E-state index is 12.5. The summed E-state index contributed by atoms with van der Waals surface area (Å²) in [6, 6.07) is 3.50. The molecule has 2 nitrogen and oxygen atoms in total. The first-order valence-electron chi connectivity index (χ1n) is 4.70. The van der Waals surface area contributed by atoms with Gasteiger partial charge in [0.05, 0.1) is 5.56 Å². The van der Waals surface area contributed by atoms with E-state index in [-0.39, 0.29) is 0 Å². The normalized spacial score (nSPS) is 13.2. The van der Waals surface area contributed by atoms with Crippen molar-refractivity contribution < 1.29 is 22.7 Å². The Morgan fingerprint density at radius 3 is 2.05 bits per heavy atom. The van der Waals surface area contributed by atoms with Crippen molar-refractivity contribution >= 4 is 64.0 Å². The summed E-state index contributed by atoms with van der Waals surface area (Å²) in [7, 11) is 0. The lowest BCUT2D eigenvalue weighted by Crippen LogP contribution is -2.42. The fraction of sp³-hybridized carbons (Fsp3) is 0.300. The zero-order valence-corrected chi connectivity index (χ0v) is 12.9. The predicted octanol–water partition coefficient (Wildman–Crippen LogP) is 5.15. The molecule has 1 rings (SSSR count). The Balaban J connectivity index is 2.98. The van der Waals surface area contributed by atoms with Gasteiger partial charge in [0.15, 0.2) is 0 Å². The Morgan fingerprint density at radius 1 is 1.05 bits per heavy atom. The molecule has 0 N–H and O–H groups in total. The van der Waals surface area contributed by atoms with Gasteiger partial charge in [-0.15, -0.1) is 0 Å². The Hall–Kier alpha value is -0.0700. The Morgan fingerprint density at radius 2 is 1.60 bits per heavy atom. The van der Waals surface area contributed by atoms with Gasteiger partial charge in [0.2, 0.25) is 3.79 Å². The standard InChI is InChI=1S/C10H4Cl5F3O2/c11-8(12,10(13,14)15)7(19)20-6-3-1-2-5(4-6)9(16,17)18/h1-4H. The van der Waals surface area contributed by atoms with Crippen LogP contribution in [0.1, 0.15) is 5.56 Å². The van der Waals surface area contributed by atoms with Gasteiger partial charge in [-0.25, -0.2) is 4.79 Å². The van der Waals surface area contributed by atoms with Crippen LogP contribution in [0.5, 0.6) is 5.75 Å². The van der Waals surface area contributed by atoms with E-state index in [2.05, 4.69) is 4.74 Å². The first kappa shape index (κ1) is 18.0. The van der Waals surface area contributed by atoms with E-state index in [9.17, 15) is 18.0 Å². The molecule has 0 spiro atoms. The number of carbonyl (C=O) groups excluding carboxylic acids is 1. The smallest absolute Gasteiger partial charge is 0.416 e. The summed E-state index contributed by atoms with van der Waals surface area (Å²) < 4.78 is 37.0. The first-order chi connectivity index (χ1) is 8.85. The van der Waals surface area contributed by atoms with Gasteiger partial charge < -0.3 is 4.74 Å². The van der Waals surface area contributed by atoms with E-state index in [1.165, 1.54) is 0 Å². The molecule has 0 amide bonds. The molecule has 0 aromatic heterocycles. The molecule has 0 bridgehead atoms. The van der Waals surface area contributed by atoms with Gasteiger partial charge in [-0.1, -0.05) is 64.1 Å². The van der Waals surface area contributed by atoms with Gasteiger partial charge in [0.1, 0.15) is 5.75 Å². The van der Waals surface area contributed by atoms with E-state index >= 15 is 0 Å². The molecule has 112 valence electrons. The predicted molar refractivity (Wildman–Crippen MR) is 71.8 cm³/mol. The van der Waals surface area contributed by atoms with E-state index in [0.717, 1.165) is 18.2 Å². The number of halogens is 8. The molecule has 0 saturated heterocycles. The van der Waals surface area contributed by atoms with E-state index in [4.69, 9.17) is 58.0 Å². The highest BCUT2D eigenvalue weighted by Gasteiger charge is 2.54. The molecule has 0 saturated carbocycles. The third kappa shape index (κ3) is 4.21. The van der Waals surface area contributed by atoms with E-state index in [0.29, 0.717) is 6.07 Å². The second-order valence-corrected chi connectivity index (χ2v) is 7.10. The van der Waals surface area contributed by atoms with Crippen molar-refractivity contribution in [1.29, 1.82) is 0 Å². The lowest BCUT2D eigenvalue weighted by atomic mass is 10.2. The number of hydrogen-bond donors (Lipinski definition) is 0. The Bertz CT molecular complexity index is 510. The van der Waals surface area contributed by atoms with Crippen molar-refractivity contribution in [3.05, 3.63) is 29.8 Å². The topological polar surface area (TPSA) is 26.3 Å². The molecular weight excluding hydrogens is 386 g/mol. The molecule has 1 aromatic rings. The molecular formula is C10H4Cl5F3O2. The molecule has 0 aliphatic carbocycles. The minimum absolute atomic E-state index is 0.440. The van der Waals surface area contributed by atoms with Crippen molar-refractivity contribution in [3.63, 3.8) is 0 Å². The van der Waals surface area contributed by atoms with Crippen LogP contribution in [0.25, 0.3) is 0 Å². The van der Waals surface area contributed by atoms with Gasteiger partial charge in [-0.2, -0.15) is 13.2 Å². The molecule has 0 radical (unpaired) electrons. The molecule has 1 aromatic carbocycles. The molecule has 0 unspecified atom stereocenters. The second-order valence-electron chi connectivity index (χ2n) is 3.49. The highest BCUT2D eigenvalue weighted by Crippen LogP contribution is 2.46. The Labute approximate surface area is 136 Å². The van der Waals surface area contributed by atoms with Crippen LogP contribution in [0.2, 0.25) is 0 Å². The van der Waals surface area contributed by atoms with Crippen LogP contribution in [0.4, 0.5) is 13.2 Å². The maximum Gasteiger partial charge on any atom is 0.416 e. The zero-order chi connectivity index (χ0) is 15.8. The highest BCUT2D eigenvalue weighted by molar-refractivity contribution is 6.79. The van der Waals surface area contributed by atoms with Crippen LogP contribution in [-0.4, -0.2) is 14.1 Å². The number of carbonyl (C=O) groups is 1. The summed E-state index contributed by atoms with van der Waals surface area (Å²) >= 11 is 27.2. The minimum atomic E-state index is -4.60. The minimum Gasteiger partial charge on any atom is -0.424 e. The van der Waals surface area contributed by atoms with Crippen molar-refractivity contribution in [2.75, 3.05) is 0 Å². The molecule has 0 fully saturated rings. The van der Waals surface area contributed by atoms with E-state index in [1.54, 1.807) is 0 Å². The summed E-state index contributed by atoms with van der Waals surface area (Å²) in [5.74, 6) is -1.86. The molecule has 20 heavy (non-hydrogen) atoms. The van der Waals surface area contributed by atoms with E-state index < -0.39 is 31.6 Å². The summed E-state index contributed by atoms with van der Waals surface area (Å²) in [6.07, 6.45) is -4.60. The van der Waals surface area contributed by atoms with Crippen LogP contribution in [0, 0.1) is 0 Å². The van der Waals surface area contributed by atoms with Gasteiger partial charge in [-0.05, 0) is 18.2 Å². The number of ether oxygens (including phenoxy) is 1. The summed E-state index contributed by atoms with van der Waals surface area (Å²) in [4.78, 5) is 11.6. The zero-order valence-electron chi connectivity index (χ0n) is 9.15. The fourth-order valence-corrected chi connectivity index (χ4v) is 1.33. The number of benzene rings is 1. The lowest BCUT2D eigenvalue weighted by Gasteiger charge is -2.24. The molecule has 0 aliphatic rings. The highest BCUT2D eigenvalue weighted by atomic mass is 35.6. The largest absolute Gasteiger partial charge is 0.424 e. The van der Waals surface area contributed by atoms with Gasteiger partial charge in [0.25, 0.3) is 4.33 Å². The average molecular weight is 390 g/mol. The second kappa shape index (κ2) is 5.97. The fourth-order valence-electron chi connectivity index (χ4n) is 1.02. The van der Waals surface area contributed by atoms with Crippen molar-refractivity contribution in [2.24, 2.45) is 0 Å². The quantitative estimate of drug-likeness (QED) is 0.396.